The lowest BCUT2D eigenvalue weighted by molar-refractivity contribution is 0.218. The van der Waals surface area contributed by atoms with E-state index >= 15 is 0 Å². The van der Waals surface area contributed by atoms with E-state index in [1.807, 2.05) is 48.5 Å². The smallest absolute Gasteiger partial charge is 0.161 e. The summed E-state index contributed by atoms with van der Waals surface area (Å²) in [6.45, 7) is 2.88. The van der Waals surface area contributed by atoms with Crippen molar-refractivity contribution in [3.8, 4) is 17.1 Å². The predicted octanol–water partition coefficient (Wildman–Crippen LogP) is 4.14. The number of hydrogen-bond acceptors (Lipinski definition) is 6. The van der Waals surface area contributed by atoms with Crippen LogP contribution in [0.15, 0.2) is 60.9 Å². The van der Waals surface area contributed by atoms with Gasteiger partial charge in [0, 0.05) is 35.3 Å². The molecule has 1 saturated heterocycles. The van der Waals surface area contributed by atoms with Crippen molar-refractivity contribution in [2.45, 2.75) is 12.8 Å². The number of piperidine rings is 1. The molecule has 0 spiro atoms. The normalized spacial score (nSPS) is 16.5. The van der Waals surface area contributed by atoms with Gasteiger partial charge in [0.2, 0.25) is 0 Å². The standard InChI is InChI=1S/C23H24N6O/c1-4-17(12-20(5-1)30-15-16-3-2-9-24-13-16)23-25-10-8-22(28-23)27-19-6-7-21-18(11-19)14-26-29-21/h1,4-8,10-12,14,16,24H,2-3,9,13,15H2,(H,26,29)(H,25,27,28). The fourth-order valence-corrected chi connectivity index (χ4v) is 3.74. The van der Waals surface area contributed by atoms with Crippen LogP contribution in [0.4, 0.5) is 11.5 Å². The summed E-state index contributed by atoms with van der Waals surface area (Å²) in [5, 5.41) is 14.8. The van der Waals surface area contributed by atoms with Gasteiger partial charge in [-0.25, -0.2) is 9.97 Å². The monoisotopic (exact) mass is 400 g/mol. The lowest BCUT2D eigenvalue weighted by Crippen LogP contribution is -2.33. The lowest BCUT2D eigenvalue weighted by Gasteiger charge is -2.22. The lowest BCUT2D eigenvalue weighted by atomic mass is 10.0. The molecule has 7 heteroatoms. The summed E-state index contributed by atoms with van der Waals surface area (Å²) in [6, 6.07) is 15.9. The van der Waals surface area contributed by atoms with E-state index in [0.717, 1.165) is 53.4 Å². The van der Waals surface area contributed by atoms with Gasteiger partial charge in [-0.1, -0.05) is 12.1 Å². The SMILES string of the molecule is c1cc(OCC2CCCNC2)cc(-c2nccc(Nc3ccc4[nH]ncc4c3)n2)c1. The van der Waals surface area contributed by atoms with Crippen LogP contribution in [0.1, 0.15) is 12.8 Å². The van der Waals surface area contributed by atoms with Gasteiger partial charge in [0.15, 0.2) is 5.82 Å². The van der Waals surface area contributed by atoms with Crippen LogP contribution in [0.5, 0.6) is 5.75 Å². The summed E-state index contributed by atoms with van der Waals surface area (Å²) in [6.07, 6.45) is 6.01. The average molecular weight is 400 g/mol. The van der Waals surface area contributed by atoms with Crippen LogP contribution in [-0.4, -0.2) is 39.9 Å². The molecule has 1 atom stereocenters. The van der Waals surface area contributed by atoms with Gasteiger partial charge < -0.3 is 15.4 Å². The van der Waals surface area contributed by atoms with Gasteiger partial charge in [0.1, 0.15) is 11.6 Å². The minimum absolute atomic E-state index is 0.568. The highest BCUT2D eigenvalue weighted by atomic mass is 16.5. The molecule has 1 aliphatic heterocycles. The molecule has 30 heavy (non-hydrogen) atoms. The Balaban J connectivity index is 1.30. The van der Waals surface area contributed by atoms with Crippen LogP contribution in [0, 0.1) is 5.92 Å². The zero-order valence-electron chi connectivity index (χ0n) is 16.6. The first-order chi connectivity index (χ1) is 14.8. The molecular weight excluding hydrogens is 376 g/mol. The van der Waals surface area contributed by atoms with Crippen molar-refractivity contribution >= 4 is 22.4 Å². The fourth-order valence-electron chi connectivity index (χ4n) is 3.74. The van der Waals surface area contributed by atoms with Crippen molar-refractivity contribution in [3.63, 3.8) is 0 Å². The highest BCUT2D eigenvalue weighted by Crippen LogP contribution is 2.25. The maximum absolute atomic E-state index is 6.05. The maximum Gasteiger partial charge on any atom is 0.161 e. The Kier molecular flexibility index (Phi) is 5.26. The third kappa shape index (κ3) is 4.26. The maximum atomic E-state index is 6.05. The molecule has 0 aliphatic carbocycles. The van der Waals surface area contributed by atoms with Crippen molar-refractivity contribution in [2.75, 3.05) is 25.0 Å². The Morgan fingerprint density at radius 1 is 1.13 bits per heavy atom. The molecule has 7 nitrogen and oxygen atoms in total. The summed E-state index contributed by atoms with van der Waals surface area (Å²) < 4.78 is 6.05. The van der Waals surface area contributed by atoms with E-state index in [-0.39, 0.29) is 0 Å². The molecule has 1 unspecified atom stereocenters. The molecule has 0 saturated carbocycles. The number of aromatic amines is 1. The number of fused-ring (bicyclic) bond motifs is 1. The fraction of sp³-hybridized carbons (Fsp3) is 0.261. The first-order valence-corrected chi connectivity index (χ1v) is 10.3. The number of hydrogen-bond donors (Lipinski definition) is 3. The van der Waals surface area contributed by atoms with Gasteiger partial charge in [-0.2, -0.15) is 5.10 Å². The second-order valence-corrected chi connectivity index (χ2v) is 7.61. The van der Waals surface area contributed by atoms with Crippen molar-refractivity contribution < 1.29 is 4.74 Å². The third-order valence-electron chi connectivity index (χ3n) is 5.35. The Morgan fingerprint density at radius 2 is 2.13 bits per heavy atom. The van der Waals surface area contributed by atoms with Crippen molar-refractivity contribution in [3.05, 3.63) is 60.9 Å². The van der Waals surface area contributed by atoms with E-state index in [2.05, 4.69) is 30.8 Å². The third-order valence-corrected chi connectivity index (χ3v) is 5.35. The zero-order valence-corrected chi connectivity index (χ0v) is 16.6. The van der Waals surface area contributed by atoms with Crippen LogP contribution >= 0.6 is 0 Å². The molecular formula is C23H24N6O. The Bertz CT molecular complexity index is 1140. The predicted molar refractivity (Wildman–Crippen MR) is 118 cm³/mol. The van der Waals surface area contributed by atoms with Crippen LogP contribution in [0.25, 0.3) is 22.3 Å². The van der Waals surface area contributed by atoms with Gasteiger partial charge in [-0.3, -0.25) is 5.10 Å². The molecule has 0 amide bonds. The average Bonchev–Trinajstić information content (AvgIpc) is 3.27. The van der Waals surface area contributed by atoms with Crippen LogP contribution in [0.3, 0.4) is 0 Å². The van der Waals surface area contributed by atoms with E-state index in [0.29, 0.717) is 11.7 Å². The summed E-state index contributed by atoms with van der Waals surface area (Å²) >= 11 is 0. The van der Waals surface area contributed by atoms with Crippen LogP contribution in [-0.2, 0) is 0 Å². The number of anilines is 2. The van der Waals surface area contributed by atoms with E-state index < -0.39 is 0 Å². The minimum atomic E-state index is 0.568. The second-order valence-electron chi connectivity index (χ2n) is 7.61. The molecule has 0 bridgehead atoms. The summed E-state index contributed by atoms with van der Waals surface area (Å²) in [7, 11) is 0. The molecule has 152 valence electrons. The Morgan fingerprint density at radius 3 is 3.07 bits per heavy atom. The summed E-state index contributed by atoms with van der Waals surface area (Å²) in [5.74, 6) is 2.82. The molecule has 2 aromatic heterocycles. The van der Waals surface area contributed by atoms with Gasteiger partial charge in [-0.15, -0.1) is 0 Å². The summed E-state index contributed by atoms with van der Waals surface area (Å²) in [4.78, 5) is 9.14. The molecule has 0 radical (unpaired) electrons. The van der Waals surface area contributed by atoms with Gasteiger partial charge in [-0.05, 0) is 55.8 Å². The number of nitrogens with zero attached hydrogens (tertiary/aromatic N) is 3. The van der Waals surface area contributed by atoms with Crippen LogP contribution < -0.4 is 15.4 Å². The minimum Gasteiger partial charge on any atom is -0.493 e. The Hall–Kier alpha value is -3.45. The van der Waals surface area contributed by atoms with E-state index in [1.165, 1.54) is 12.8 Å². The van der Waals surface area contributed by atoms with Gasteiger partial charge in [0.05, 0.1) is 18.3 Å². The number of ether oxygens (including phenoxy) is 1. The first kappa shape index (κ1) is 18.6. The quantitative estimate of drug-likeness (QED) is 0.451. The molecule has 3 heterocycles. The summed E-state index contributed by atoms with van der Waals surface area (Å²) in [5.41, 5.74) is 2.89. The molecule has 1 fully saturated rings. The molecule has 3 N–H and O–H groups in total. The molecule has 5 rings (SSSR count). The van der Waals surface area contributed by atoms with Crippen molar-refractivity contribution in [1.82, 2.24) is 25.5 Å². The Labute approximate surface area is 174 Å². The van der Waals surface area contributed by atoms with Crippen molar-refractivity contribution in [1.29, 1.82) is 0 Å². The number of nitrogens with one attached hydrogen (secondary N) is 3. The highest BCUT2D eigenvalue weighted by Gasteiger charge is 2.14. The van der Waals surface area contributed by atoms with Crippen molar-refractivity contribution in [2.24, 2.45) is 5.92 Å². The van der Waals surface area contributed by atoms with Gasteiger partial charge >= 0.3 is 0 Å². The molecule has 4 aromatic rings. The number of aromatic nitrogens is 4. The van der Waals surface area contributed by atoms with Gasteiger partial charge in [0.25, 0.3) is 0 Å². The number of rotatable bonds is 6. The topological polar surface area (TPSA) is 87.8 Å². The van der Waals surface area contributed by atoms with E-state index in [9.17, 15) is 0 Å². The highest BCUT2D eigenvalue weighted by molar-refractivity contribution is 5.82. The zero-order chi connectivity index (χ0) is 20.2. The second kappa shape index (κ2) is 8.51. The molecule has 2 aromatic carbocycles. The first-order valence-electron chi connectivity index (χ1n) is 10.3. The number of benzene rings is 2. The van der Waals surface area contributed by atoms with E-state index in [4.69, 9.17) is 4.74 Å². The largest absolute Gasteiger partial charge is 0.493 e. The van der Waals surface area contributed by atoms with E-state index in [1.54, 1.807) is 12.4 Å². The molecule has 1 aliphatic rings. The van der Waals surface area contributed by atoms with Crippen LogP contribution in [0.2, 0.25) is 0 Å². The number of H-pyrrole nitrogens is 1.